The molecule has 0 aliphatic heterocycles. The minimum Gasteiger partial charge on any atom is -0.790 e. The van der Waals surface area contributed by atoms with Gasteiger partial charge < -0.3 is 28.3 Å². The molecule has 0 unspecified atom stereocenters. The monoisotopic (exact) mass is 668 g/mol. The van der Waals surface area contributed by atoms with Crippen LogP contribution < -0.4 is 68.9 Å². The molecule has 13 heteroatoms. The van der Waals surface area contributed by atoms with Crippen LogP contribution in [0.15, 0.2) is 0 Å². The van der Waals surface area contributed by atoms with E-state index >= 15 is 0 Å². The van der Waals surface area contributed by atoms with Crippen molar-refractivity contribution in [3.63, 3.8) is 0 Å². The number of thioether (sulfide) groups is 1. The molecule has 0 amide bonds. The Bertz CT molecular complexity index is 726. The van der Waals surface area contributed by atoms with Gasteiger partial charge in [-0.05, 0) is 19.3 Å². The molecule has 0 N–H and O–H groups in total. The largest absolute Gasteiger partial charge is 1.00 e. The van der Waals surface area contributed by atoms with E-state index in [-0.39, 0.29) is 83.7 Å². The molecule has 242 valence electrons. The van der Waals surface area contributed by atoms with Gasteiger partial charge in [0.15, 0.2) is 11.2 Å². The fourth-order valence-electron chi connectivity index (χ4n) is 4.37. The normalized spacial score (nSPS) is 11.7. The van der Waals surface area contributed by atoms with Crippen LogP contribution in [0, 0.1) is 0 Å². The second-order valence-corrected chi connectivity index (χ2v) is 13.2. The molecule has 1 atom stereocenters. The third-order valence-electron chi connectivity index (χ3n) is 6.71. The van der Waals surface area contributed by atoms with Gasteiger partial charge in [0.2, 0.25) is 0 Å². The zero-order valence-corrected chi connectivity index (χ0v) is 33.3. The molecule has 0 aromatic rings. The number of carbonyl (C=O) groups is 3. The maximum absolute atomic E-state index is 12.2. The van der Waals surface area contributed by atoms with Crippen LogP contribution in [0.25, 0.3) is 0 Å². The first-order chi connectivity index (χ1) is 19.6. The van der Waals surface area contributed by atoms with Gasteiger partial charge in [-0.1, -0.05) is 121 Å². The topological polar surface area (TPSA) is 142 Å². The Morgan fingerprint density at radius 2 is 1.07 bits per heavy atom. The van der Waals surface area contributed by atoms with Crippen molar-refractivity contribution in [2.75, 3.05) is 19.0 Å². The predicted octanol–water partition coefficient (Wildman–Crippen LogP) is 0.786. The van der Waals surface area contributed by atoms with Gasteiger partial charge in [-0.3, -0.25) is 14.4 Å². The van der Waals surface area contributed by atoms with Crippen molar-refractivity contribution in [2.24, 2.45) is 0 Å². The van der Waals surface area contributed by atoms with E-state index in [2.05, 4.69) is 11.4 Å². The van der Waals surface area contributed by atoms with Crippen LogP contribution >= 0.6 is 19.6 Å². The molecular formula is C30H55Na2O9PS. The summed E-state index contributed by atoms with van der Waals surface area (Å²) < 4.78 is 25.5. The van der Waals surface area contributed by atoms with Crippen LogP contribution in [0.4, 0.5) is 0 Å². The van der Waals surface area contributed by atoms with E-state index in [9.17, 15) is 28.7 Å². The summed E-state index contributed by atoms with van der Waals surface area (Å²) in [6, 6.07) is 0. The maximum Gasteiger partial charge on any atom is 1.00 e. The van der Waals surface area contributed by atoms with E-state index in [0.29, 0.717) is 12.8 Å². The summed E-state index contributed by atoms with van der Waals surface area (Å²) in [5, 5.41) is 0.194. The number of phosphoric acid groups is 1. The van der Waals surface area contributed by atoms with E-state index < -0.39 is 32.5 Å². The Morgan fingerprint density at radius 3 is 1.51 bits per heavy atom. The third kappa shape index (κ3) is 39.2. The molecular weight excluding hydrogens is 613 g/mol. The van der Waals surface area contributed by atoms with Gasteiger partial charge in [0.1, 0.15) is 6.61 Å². The minimum atomic E-state index is -5.24. The molecule has 0 radical (unpaired) electrons. The van der Waals surface area contributed by atoms with Gasteiger partial charge in [-0.2, -0.15) is 0 Å². The smallest absolute Gasteiger partial charge is 0.790 e. The molecule has 0 heterocycles. The van der Waals surface area contributed by atoms with Crippen molar-refractivity contribution < 1.29 is 102 Å². The van der Waals surface area contributed by atoms with Gasteiger partial charge in [0.05, 0.1) is 14.4 Å². The molecule has 9 nitrogen and oxygen atoms in total. The Morgan fingerprint density at radius 1 is 0.651 bits per heavy atom. The standard InChI is InChI=1S/C30H57O9PS.2Na/c1-3-4-5-6-7-13-17-20-23-30(33)39-28(26-38-40(34,35)36)25-37-29(32)22-19-16-14-11-9-8-10-12-15-18-21-24-41-27(2)31;;/h28H,3-26H2,1-2H3,(H2,34,35,36);;/q;2*+1/p-2/t28-;;/m0../s1. The van der Waals surface area contributed by atoms with Crippen LogP contribution in [0.5, 0.6) is 0 Å². The maximum atomic E-state index is 12.2. The van der Waals surface area contributed by atoms with Crippen molar-refractivity contribution >= 4 is 36.6 Å². The van der Waals surface area contributed by atoms with E-state index in [0.717, 1.165) is 50.7 Å². The van der Waals surface area contributed by atoms with E-state index in [1.807, 2.05) is 0 Å². The average molecular weight is 669 g/mol. The summed E-state index contributed by atoms with van der Waals surface area (Å²) in [7, 11) is -5.24. The Kier molecular flexibility index (Phi) is 38.8. The summed E-state index contributed by atoms with van der Waals surface area (Å²) in [5.74, 6) is -0.0594. The number of hydrogen-bond acceptors (Lipinski definition) is 10. The number of carbonyl (C=O) groups excluding carboxylic acids is 3. The first kappa shape index (κ1) is 48.5. The van der Waals surface area contributed by atoms with Crippen molar-refractivity contribution in [3.05, 3.63) is 0 Å². The molecule has 0 spiro atoms. The fourth-order valence-corrected chi connectivity index (χ4v) is 5.36. The molecule has 0 rings (SSSR count). The van der Waals surface area contributed by atoms with Crippen LogP contribution in [0.1, 0.15) is 149 Å². The van der Waals surface area contributed by atoms with Crippen LogP contribution in [0.3, 0.4) is 0 Å². The van der Waals surface area contributed by atoms with Crippen molar-refractivity contribution in [2.45, 2.75) is 155 Å². The van der Waals surface area contributed by atoms with E-state index in [1.165, 1.54) is 76.0 Å². The van der Waals surface area contributed by atoms with Crippen LogP contribution in [0.2, 0.25) is 0 Å². The molecule has 43 heavy (non-hydrogen) atoms. The van der Waals surface area contributed by atoms with Crippen LogP contribution in [-0.4, -0.2) is 42.1 Å². The van der Waals surface area contributed by atoms with Gasteiger partial charge in [-0.25, -0.2) is 0 Å². The SMILES string of the molecule is CCCCCCCCCCC(=O)O[C@@H](COC(=O)CCCCCCCCCCCCCSC(C)=O)COP(=O)([O-])[O-].[Na+].[Na+]. The van der Waals surface area contributed by atoms with E-state index in [4.69, 9.17) is 9.47 Å². The molecule has 0 aliphatic rings. The summed E-state index contributed by atoms with van der Waals surface area (Å²) >= 11 is 1.41. The zero-order valence-electron chi connectivity index (χ0n) is 27.6. The molecule has 0 fully saturated rings. The Labute approximate surface area is 309 Å². The zero-order chi connectivity index (χ0) is 30.6. The molecule has 0 aliphatic carbocycles. The summed E-state index contributed by atoms with van der Waals surface area (Å²) in [4.78, 5) is 56.9. The number of esters is 2. The molecule has 0 aromatic carbocycles. The summed E-state index contributed by atoms with van der Waals surface area (Å²) in [5.41, 5.74) is 0. The number of rotatable bonds is 29. The third-order valence-corrected chi connectivity index (χ3v) is 8.08. The van der Waals surface area contributed by atoms with Crippen molar-refractivity contribution in [1.29, 1.82) is 0 Å². The number of unbranched alkanes of at least 4 members (excludes halogenated alkanes) is 17. The Balaban J connectivity index is -0.00000800. The quantitative estimate of drug-likeness (QED) is 0.0486. The van der Waals surface area contributed by atoms with Gasteiger partial charge >= 0.3 is 71.1 Å². The molecule has 0 saturated heterocycles. The first-order valence-corrected chi connectivity index (χ1v) is 18.2. The minimum absolute atomic E-state index is 0. The predicted molar refractivity (Wildman–Crippen MR) is 160 cm³/mol. The number of phosphoric ester groups is 1. The second kappa shape index (κ2) is 34.4. The Hall–Kier alpha value is 1.07. The fraction of sp³-hybridized carbons (Fsp3) is 0.900. The number of ether oxygens (including phenoxy) is 2. The molecule has 0 aromatic heterocycles. The van der Waals surface area contributed by atoms with Gasteiger partial charge in [-0.15, -0.1) is 0 Å². The van der Waals surface area contributed by atoms with E-state index in [1.54, 1.807) is 6.92 Å². The van der Waals surface area contributed by atoms with Crippen molar-refractivity contribution in [1.82, 2.24) is 0 Å². The summed E-state index contributed by atoms with van der Waals surface area (Å²) in [6.45, 7) is 2.77. The summed E-state index contributed by atoms with van der Waals surface area (Å²) in [6.07, 6.45) is 20.0. The van der Waals surface area contributed by atoms with Crippen LogP contribution in [-0.2, 0) is 32.9 Å². The molecule has 0 bridgehead atoms. The molecule has 0 saturated carbocycles. The van der Waals surface area contributed by atoms with Gasteiger partial charge in [0.25, 0.3) is 0 Å². The van der Waals surface area contributed by atoms with Crippen molar-refractivity contribution in [3.8, 4) is 0 Å². The van der Waals surface area contributed by atoms with Gasteiger partial charge in [0, 0.05) is 25.5 Å². The second-order valence-electron chi connectivity index (χ2n) is 10.7. The first-order valence-electron chi connectivity index (χ1n) is 15.8. The number of hydrogen-bond donors (Lipinski definition) is 0. The average Bonchev–Trinajstić information content (AvgIpc) is 2.91.